The number of benzene rings is 2. The van der Waals surface area contributed by atoms with E-state index in [2.05, 4.69) is 15.3 Å². The number of rotatable bonds is 5. The SMILES string of the molecule is CN1C(=O)N(c2cc(NC(=O)CCc3ccccc3)ccc2Cl)Cc2cnc(N)nc21. The average molecular weight is 437 g/mol. The van der Waals surface area contributed by atoms with E-state index in [0.29, 0.717) is 35.1 Å². The van der Waals surface area contributed by atoms with Crippen molar-refractivity contribution in [1.29, 1.82) is 0 Å². The molecule has 0 saturated carbocycles. The molecule has 0 aliphatic carbocycles. The van der Waals surface area contributed by atoms with Crippen molar-refractivity contribution in [3.63, 3.8) is 0 Å². The van der Waals surface area contributed by atoms with E-state index in [1.807, 2.05) is 30.3 Å². The highest BCUT2D eigenvalue weighted by Gasteiger charge is 2.31. The fourth-order valence-corrected chi connectivity index (χ4v) is 3.65. The molecule has 0 atom stereocenters. The summed E-state index contributed by atoms with van der Waals surface area (Å²) in [4.78, 5) is 36.4. The van der Waals surface area contributed by atoms with E-state index in [9.17, 15) is 9.59 Å². The maximum atomic E-state index is 12.9. The quantitative estimate of drug-likeness (QED) is 0.631. The molecule has 2 heterocycles. The van der Waals surface area contributed by atoms with Gasteiger partial charge >= 0.3 is 6.03 Å². The fourth-order valence-electron chi connectivity index (χ4n) is 3.43. The minimum Gasteiger partial charge on any atom is -0.368 e. The van der Waals surface area contributed by atoms with Crippen LogP contribution in [0.25, 0.3) is 0 Å². The van der Waals surface area contributed by atoms with E-state index in [1.165, 1.54) is 9.80 Å². The lowest BCUT2D eigenvalue weighted by atomic mass is 10.1. The third kappa shape index (κ3) is 4.44. The first-order chi connectivity index (χ1) is 14.9. The molecule has 8 nitrogen and oxygen atoms in total. The second kappa shape index (κ2) is 8.61. The van der Waals surface area contributed by atoms with E-state index in [0.717, 1.165) is 11.1 Å². The zero-order chi connectivity index (χ0) is 22.0. The van der Waals surface area contributed by atoms with E-state index >= 15 is 0 Å². The minimum atomic E-state index is -0.306. The molecule has 1 aliphatic rings. The Morgan fingerprint density at radius 1 is 1.23 bits per heavy atom. The summed E-state index contributed by atoms with van der Waals surface area (Å²) < 4.78 is 0. The number of anilines is 4. The van der Waals surface area contributed by atoms with Crippen molar-refractivity contribution in [1.82, 2.24) is 9.97 Å². The molecule has 0 bridgehead atoms. The number of aromatic nitrogens is 2. The number of nitrogens with one attached hydrogen (secondary N) is 1. The smallest absolute Gasteiger partial charge is 0.330 e. The molecular weight excluding hydrogens is 416 g/mol. The van der Waals surface area contributed by atoms with Gasteiger partial charge in [0.1, 0.15) is 5.82 Å². The Balaban J connectivity index is 1.52. The second-order valence-corrected chi connectivity index (χ2v) is 7.61. The zero-order valence-electron chi connectivity index (χ0n) is 16.9. The summed E-state index contributed by atoms with van der Waals surface area (Å²) in [7, 11) is 1.61. The predicted octanol–water partition coefficient (Wildman–Crippen LogP) is 3.86. The first-order valence-electron chi connectivity index (χ1n) is 9.72. The number of hydrogen-bond acceptors (Lipinski definition) is 5. The largest absolute Gasteiger partial charge is 0.368 e. The van der Waals surface area contributed by atoms with Gasteiger partial charge in [-0.25, -0.2) is 9.78 Å². The number of halogens is 1. The van der Waals surface area contributed by atoms with Crippen LogP contribution in [0.4, 0.5) is 27.9 Å². The van der Waals surface area contributed by atoms with E-state index in [-0.39, 0.29) is 24.4 Å². The lowest BCUT2D eigenvalue weighted by Gasteiger charge is -2.34. The number of carbonyl (C=O) groups excluding carboxylic acids is 2. The van der Waals surface area contributed by atoms with Crippen molar-refractivity contribution in [3.8, 4) is 0 Å². The van der Waals surface area contributed by atoms with Crippen LogP contribution in [0.15, 0.2) is 54.7 Å². The van der Waals surface area contributed by atoms with Gasteiger partial charge in [-0.2, -0.15) is 4.98 Å². The molecule has 0 fully saturated rings. The Kier molecular flexibility index (Phi) is 5.73. The minimum absolute atomic E-state index is 0.102. The van der Waals surface area contributed by atoms with Gasteiger partial charge in [0.05, 0.1) is 17.3 Å². The van der Waals surface area contributed by atoms with E-state index in [4.69, 9.17) is 17.3 Å². The van der Waals surface area contributed by atoms with Crippen molar-refractivity contribution >= 4 is 46.7 Å². The van der Waals surface area contributed by atoms with Crippen LogP contribution in [-0.4, -0.2) is 29.0 Å². The first kappa shape index (κ1) is 20.6. The van der Waals surface area contributed by atoms with Crippen molar-refractivity contribution in [2.45, 2.75) is 19.4 Å². The summed E-state index contributed by atoms with van der Waals surface area (Å²) in [6.07, 6.45) is 2.58. The number of aryl methyl sites for hydroxylation is 1. The summed E-state index contributed by atoms with van der Waals surface area (Å²) in [5.74, 6) is 0.453. The van der Waals surface area contributed by atoms with Crippen LogP contribution in [-0.2, 0) is 17.8 Å². The van der Waals surface area contributed by atoms with Crippen molar-refractivity contribution in [2.24, 2.45) is 0 Å². The molecule has 2 aromatic carbocycles. The molecule has 0 saturated heterocycles. The number of carbonyl (C=O) groups is 2. The third-order valence-electron chi connectivity index (χ3n) is 5.03. The summed E-state index contributed by atoms with van der Waals surface area (Å²) >= 11 is 6.40. The lowest BCUT2D eigenvalue weighted by molar-refractivity contribution is -0.116. The number of hydrogen-bond donors (Lipinski definition) is 2. The molecule has 0 unspecified atom stereocenters. The molecule has 158 valence electrons. The Morgan fingerprint density at radius 2 is 2.00 bits per heavy atom. The Hall–Kier alpha value is -3.65. The van der Waals surface area contributed by atoms with Gasteiger partial charge in [0, 0.05) is 30.9 Å². The molecule has 0 radical (unpaired) electrons. The molecule has 31 heavy (non-hydrogen) atoms. The highest BCUT2D eigenvalue weighted by Crippen LogP contribution is 2.35. The van der Waals surface area contributed by atoms with Gasteiger partial charge in [-0.15, -0.1) is 0 Å². The molecule has 3 N–H and O–H groups in total. The summed E-state index contributed by atoms with van der Waals surface area (Å²) in [5.41, 5.74) is 8.54. The van der Waals surface area contributed by atoms with E-state index < -0.39 is 0 Å². The van der Waals surface area contributed by atoms with Crippen molar-refractivity contribution in [2.75, 3.05) is 27.9 Å². The van der Waals surface area contributed by atoms with Crippen LogP contribution in [0.2, 0.25) is 5.02 Å². The van der Waals surface area contributed by atoms with Crippen molar-refractivity contribution in [3.05, 3.63) is 70.9 Å². The van der Waals surface area contributed by atoms with Crippen LogP contribution in [0.1, 0.15) is 17.5 Å². The van der Waals surface area contributed by atoms with Crippen LogP contribution in [0, 0.1) is 0 Å². The number of nitrogens with zero attached hydrogens (tertiary/aromatic N) is 4. The maximum absolute atomic E-state index is 12.9. The van der Waals surface area contributed by atoms with Gasteiger partial charge in [-0.05, 0) is 30.2 Å². The Morgan fingerprint density at radius 3 is 2.77 bits per heavy atom. The van der Waals surface area contributed by atoms with Gasteiger partial charge in [-0.3, -0.25) is 14.6 Å². The zero-order valence-corrected chi connectivity index (χ0v) is 17.6. The van der Waals surface area contributed by atoms with Gasteiger partial charge < -0.3 is 11.1 Å². The lowest BCUT2D eigenvalue weighted by Crippen LogP contribution is -2.46. The highest BCUT2D eigenvalue weighted by molar-refractivity contribution is 6.34. The molecule has 4 rings (SSSR count). The molecule has 0 spiro atoms. The first-order valence-corrected chi connectivity index (χ1v) is 10.1. The molecule has 1 aliphatic heterocycles. The molecule has 1 aromatic heterocycles. The Bertz CT molecular complexity index is 1140. The number of nitrogen functional groups attached to an aromatic ring is 1. The van der Waals surface area contributed by atoms with Gasteiger partial charge in [0.25, 0.3) is 0 Å². The molecule has 3 amide bonds. The predicted molar refractivity (Wildman–Crippen MR) is 121 cm³/mol. The number of fused-ring (bicyclic) bond motifs is 1. The fraction of sp³-hybridized carbons (Fsp3) is 0.182. The van der Waals surface area contributed by atoms with E-state index in [1.54, 1.807) is 31.4 Å². The standard InChI is InChI=1S/C22H21ClN6O2/c1-28-20-15(12-25-21(24)27-20)13-29(22(28)31)18-11-16(8-9-17(18)23)26-19(30)10-7-14-5-3-2-4-6-14/h2-6,8-9,11-12H,7,10,13H2,1H3,(H,26,30)(H2,24,25,27). The number of nitrogens with two attached hydrogens (primary N) is 1. The van der Waals surface area contributed by atoms with Crippen LogP contribution in [0.5, 0.6) is 0 Å². The molecule has 3 aromatic rings. The normalized spacial score (nSPS) is 13.2. The monoisotopic (exact) mass is 436 g/mol. The van der Waals surface area contributed by atoms with Gasteiger partial charge in [0.15, 0.2) is 0 Å². The van der Waals surface area contributed by atoms with Crippen LogP contribution in [0.3, 0.4) is 0 Å². The van der Waals surface area contributed by atoms with Gasteiger partial charge in [-0.1, -0.05) is 41.9 Å². The van der Waals surface area contributed by atoms with Gasteiger partial charge in [0.2, 0.25) is 11.9 Å². The maximum Gasteiger partial charge on any atom is 0.330 e. The summed E-state index contributed by atoms with van der Waals surface area (Å²) in [6, 6.07) is 14.6. The third-order valence-corrected chi connectivity index (χ3v) is 5.35. The number of amides is 3. The van der Waals surface area contributed by atoms with Crippen LogP contribution < -0.4 is 20.9 Å². The molecule has 9 heteroatoms. The second-order valence-electron chi connectivity index (χ2n) is 7.20. The average Bonchev–Trinajstić information content (AvgIpc) is 2.77. The topological polar surface area (TPSA) is 104 Å². The summed E-state index contributed by atoms with van der Waals surface area (Å²) in [6.45, 7) is 0.240. The Labute approximate surface area is 184 Å². The number of urea groups is 1. The highest BCUT2D eigenvalue weighted by atomic mass is 35.5. The summed E-state index contributed by atoms with van der Waals surface area (Å²) in [5, 5.41) is 3.27. The van der Waals surface area contributed by atoms with Crippen LogP contribution >= 0.6 is 11.6 Å². The van der Waals surface area contributed by atoms with Crippen molar-refractivity contribution < 1.29 is 9.59 Å². The molecular formula is C22H21ClN6O2.